The molecule has 0 radical (unpaired) electrons. The fraction of sp³-hybridized carbons (Fsp3) is 0.200. The molecule has 5 nitrogen and oxygen atoms in total. The van der Waals surface area contributed by atoms with E-state index < -0.39 is 5.92 Å². The Morgan fingerprint density at radius 2 is 1.87 bits per heavy atom. The second-order valence-electron chi connectivity index (χ2n) is 7.57. The number of carbonyl (C=O) groups is 2. The average Bonchev–Trinajstić information content (AvgIpc) is 3.14. The third kappa shape index (κ3) is 4.74. The summed E-state index contributed by atoms with van der Waals surface area (Å²) in [7, 11) is 1.61. The van der Waals surface area contributed by atoms with E-state index in [1.54, 1.807) is 24.1 Å². The van der Waals surface area contributed by atoms with Gasteiger partial charge < -0.3 is 15.0 Å². The summed E-state index contributed by atoms with van der Waals surface area (Å²) in [5.74, 6) is -0.337. The van der Waals surface area contributed by atoms with Gasteiger partial charge in [0.2, 0.25) is 11.8 Å². The summed E-state index contributed by atoms with van der Waals surface area (Å²) in [5.41, 5.74) is 3.24. The number of likely N-dealkylation sites (tertiary alicyclic amines) is 1. The standard InChI is InChI=1S/C25H23FN2O3/c1-31-21-11-9-18(10-12-21)22-7-2-3-8-23(22)27-25(30)19-14-24(29)28(16-19)15-17-5-4-6-20(26)13-17/h2-13,19H,14-16H2,1H3,(H,27,30)/t19-/m1/s1. The molecule has 0 unspecified atom stereocenters. The van der Waals surface area contributed by atoms with Crippen LogP contribution in [0.15, 0.2) is 72.8 Å². The van der Waals surface area contributed by atoms with Crippen LogP contribution in [0.4, 0.5) is 10.1 Å². The molecule has 6 heteroatoms. The molecule has 0 aromatic heterocycles. The predicted molar refractivity (Wildman–Crippen MR) is 117 cm³/mol. The molecule has 1 saturated heterocycles. The van der Waals surface area contributed by atoms with Crippen molar-refractivity contribution in [3.8, 4) is 16.9 Å². The highest BCUT2D eigenvalue weighted by atomic mass is 19.1. The zero-order chi connectivity index (χ0) is 21.8. The second kappa shape index (κ2) is 9.00. The first-order chi connectivity index (χ1) is 15.0. The molecule has 158 valence electrons. The normalized spacial score (nSPS) is 15.7. The molecule has 2 amide bonds. The average molecular weight is 418 g/mol. The number of anilines is 1. The number of amides is 2. The summed E-state index contributed by atoms with van der Waals surface area (Å²) in [6.45, 7) is 0.606. The van der Waals surface area contributed by atoms with Gasteiger partial charge in [0.05, 0.1) is 13.0 Å². The Kier molecular flexibility index (Phi) is 5.98. The Morgan fingerprint density at radius 3 is 2.61 bits per heavy atom. The molecular formula is C25H23FN2O3. The van der Waals surface area contributed by atoms with Gasteiger partial charge in [-0.3, -0.25) is 9.59 Å². The molecule has 1 atom stereocenters. The van der Waals surface area contributed by atoms with Gasteiger partial charge in [-0.2, -0.15) is 0 Å². The van der Waals surface area contributed by atoms with Crippen LogP contribution in [0, 0.1) is 11.7 Å². The third-order valence-electron chi connectivity index (χ3n) is 5.43. The van der Waals surface area contributed by atoms with Crippen molar-refractivity contribution < 1.29 is 18.7 Å². The fourth-order valence-corrected chi connectivity index (χ4v) is 3.81. The minimum Gasteiger partial charge on any atom is -0.497 e. The van der Waals surface area contributed by atoms with E-state index in [-0.39, 0.29) is 24.1 Å². The van der Waals surface area contributed by atoms with E-state index in [2.05, 4.69) is 5.32 Å². The van der Waals surface area contributed by atoms with Crippen LogP contribution in [0.2, 0.25) is 0 Å². The van der Waals surface area contributed by atoms with Gasteiger partial charge in [0, 0.05) is 30.8 Å². The van der Waals surface area contributed by atoms with E-state index in [0.717, 1.165) is 16.9 Å². The summed E-state index contributed by atoms with van der Waals surface area (Å²) in [6, 6.07) is 21.3. The van der Waals surface area contributed by atoms with Crippen LogP contribution in [0.1, 0.15) is 12.0 Å². The van der Waals surface area contributed by atoms with Crippen molar-refractivity contribution in [3.63, 3.8) is 0 Å². The highest BCUT2D eigenvalue weighted by molar-refractivity contribution is 6.00. The van der Waals surface area contributed by atoms with E-state index in [4.69, 9.17) is 4.74 Å². The van der Waals surface area contributed by atoms with Crippen molar-refractivity contribution in [2.24, 2.45) is 5.92 Å². The van der Waals surface area contributed by atoms with Crippen LogP contribution in [-0.4, -0.2) is 30.4 Å². The maximum absolute atomic E-state index is 13.4. The number of ether oxygens (including phenoxy) is 1. The van der Waals surface area contributed by atoms with E-state index in [1.807, 2.05) is 48.5 Å². The molecule has 0 saturated carbocycles. The topological polar surface area (TPSA) is 58.6 Å². The first-order valence-corrected chi connectivity index (χ1v) is 10.1. The zero-order valence-electron chi connectivity index (χ0n) is 17.2. The van der Waals surface area contributed by atoms with Crippen LogP contribution in [0.3, 0.4) is 0 Å². The first-order valence-electron chi connectivity index (χ1n) is 10.1. The van der Waals surface area contributed by atoms with Crippen LogP contribution in [-0.2, 0) is 16.1 Å². The third-order valence-corrected chi connectivity index (χ3v) is 5.43. The number of methoxy groups -OCH3 is 1. The first kappa shape index (κ1) is 20.6. The number of hydrogen-bond donors (Lipinski definition) is 1. The fourth-order valence-electron chi connectivity index (χ4n) is 3.81. The lowest BCUT2D eigenvalue weighted by molar-refractivity contribution is -0.128. The molecule has 0 spiro atoms. The van der Waals surface area contributed by atoms with Crippen molar-refractivity contribution in [3.05, 3.63) is 84.2 Å². The Hall–Kier alpha value is -3.67. The smallest absolute Gasteiger partial charge is 0.229 e. The van der Waals surface area contributed by atoms with Crippen molar-refractivity contribution in [1.29, 1.82) is 0 Å². The SMILES string of the molecule is COc1ccc(-c2ccccc2NC(=O)[C@@H]2CC(=O)N(Cc3cccc(F)c3)C2)cc1. The number of hydrogen-bond acceptors (Lipinski definition) is 3. The largest absolute Gasteiger partial charge is 0.497 e. The van der Waals surface area contributed by atoms with Crippen LogP contribution in [0.25, 0.3) is 11.1 Å². The molecule has 3 aromatic rings. The molecule has 3 aromatic carbocycles. The Labute approximate surface area is 180 Å². The monoisotopic (exact) mass is 418 g/mol. The van der Waals surface area contributed by atoms with Gasteiger partial charge in [0.25, 0.3) is 0 Å². The molecule has 1 aliphatic heterocycles. The number of nitrogens with one attached hydrogen (secondary N) is 1. The highest BCUT2D eigenvalue weighted by Crippen LogP contribution is 2.30. The molecular weight excluding hydrogens is 395 g/mol. The summed E-state index contributed by atoms with van der Waals surface area (Å²) in [4.78, 5) is 27.0. The molecule has 1 fully saturated rings. The highest BCUT2D eigenvalue weighted by Gasteiger charge is 2.34. The van der Waals surface area contributed by atoms with Gasteiger partial charge in [-0.1, -0.05) is 42.5 Å². The van der Waals surface area contributed by atoms with Crippen molar-refractivity contribution in [2.45, 2.75) is 13.0 Å². The van der Waals surface area contributed by atoms with Crippen molar-refractivity contribution in [1.82, 2.24) is 4.90 Å². The van der Waals surface area contributed by atoms with E-state index >= 15 is 0 Å². The van der Waals surface area contributed by atoms with Gasteiger partial charge >= 0.3 is 0 Å². The summed E-state index contributed by atoms with van der Waals surface area (Å²) < 4.78 is 18.6. The Bertz CT molecular complexity index is 1100. The summed E-state index contributed by atoms with van der Waals surface area (Å²) in [6.07, 6.45) is 0.145. The minimum atomic E-state index is -0.454. The summed E-state index contributed by atoms with van der Waals surface area (Å²) >= 11 is 0. The molecule has 1 aliphatic rings. The summed E-state index contributed by atoms with van der Waals surface area (Å²) in [5, 5.41) is 2.98. The van der Waals surface area contributed by atoms with Gasteiger partial charge in [-0.25, -0.2) is 4.39 Å². The maximum Gasteiger partial charge on any atom is 0.229 e. The number of nitrogens with zero attached hydrogens (tertiary/aromatic N) is 1. The van der Waals surface area contributed by atoms with Gasteiger partial charge in [-0.05, 0) is 41.5 Å². The molecule has 1 heterocycles. The second-order valence-corrected chi connectivity index (χ2v) is 7.57. The van der Waals surface area contributed by atoms with Crippen molar-refractivity contribution in [2.75, 3.05) is 19.0 Å². The zero-order valence-corrected chi connectivity index (χ0v) is 17.2. The molecule has 0 bridgehead atoms. The molecule has 31 heavy (non-hydrogen) atoms. The Balaban J connectivity index is 1.46. The minimum absolute atomic E-state index is 0.104. The quantitative estimate of drug-likeness (QED) is 0.642. The lowest BCUT2D eigenvalue weighted by Gasteiger charge is -2.17. The van der Waals surface area contributed by atoms with E-state index in [0.29, 0.717) is 24.3 Å². The van der Waals surface area contributed by atoms with Crippen LogP contribution < -0.4 is 10.1 Å². The van der Waals surface area contributed by atoms with E-state index in [1.165, 1.54) is 12.1 Å². The maximum atomic E-state index is 13.4. The predicted octanol–water partition coefficient (Wildman–Crippen LogP) is 4.49. The number of halogens is 1. The molecule has 1 N–H and O–H groups in total. The number of para-hydroxylation sites is 1. The van der Waals surface area contributed by atoms with Crippen LogP contribution >= 0.6 is 0 Å². The van der Waals surface area contributed by atoms with Gasteiger partial charge in [-0.15, -0.1) is 0 Å². The molecule has 4 rings (SSSR count). The van der Waals surface area contributed by atoms with Gasteiger partial charge in [0.1, 0.15) is 11.6 Å². The number of carbonyl (C=O) groups excluding carboxylic acids is 2. The van der Waals surface area contributed by atoms with E-state index in [9.17, 15) is 14.0 Å². The Morgan fingerprint density at radius 1 is 1.10 bits per heavy atom. The van der Waals surface area contributed by atoms with Crippen LogP contribution in [0.5, 0.6) is 5.75 Å². The number of benzene rings is 3. The molecule has 0 aliphatic carbocycles. The lowest BCUT2D eigenvalue weighted by atomic mass is 10.0. The number of rotatable bonds is 6. The lowest BCUT2D eigenvalue weighted by Crippen LogP contribution is -2.28. The van der Waals surface area contributed by atoms with Crippen molar-refractivity contribution >= 4 is 17.5 Å². The van der Waals surface area contributed by atoms with Gasteiger partial charge in [0.15, 0.2) is 0 Å².